The Kier molecular flexibility index (Phi) is 8.66. The molecule has 9 aromatic carbocycles. The van der Waals surface area contributed by atoms with E-state index >= 15 is 0 Å². The van der Waals surface area contributed by atoms with Crippen molar-refractivity contribution in [3.63, 3.8) is 0 Å². The van der Waals surface area contributed by atoms with Gasteiger partial charge in [0.2, 0.25) is 0 Å². The molecular formula is C52H37N. The van der Waals surface area contributed by atoms with Gasteiger partial charge in [0.15, 0.2) is 0 Å². The zero-order valence-electron chi connectivity index (χ0n) is 29.3. The first-order valence-electron chi connectivity index (χ1n) is 18.2. The third-order valence-corrected chi connectivity index (χ3v) is 10.1. The first-order chi connectivity index (χ1) is 26.3. The predicted molar refractivity (Wildman–Crippen MR) is 226 cm³/mol. The maximum Gasteiger partial charge on any atom is 0.0546 e. The topological polar surface area (TPSA) is 3.24 Å². The van der Waals surface area contributed by atoms with E-state index in [2.05, 4.69) is 229 Å². The van der Waals surface area contributed by atoms with E-state index in [4.69, 9.17) is 0 Å². The summed E-state index contributed by atoms with van der Waals surface area (Å²) in [5.74, 6) is 0. The average Bonchev–Trinajstić information content (AvgIpc) is 3.25. The number of hydrogen-bond donors (Lipinski definition) is 0. The van der Waals surface area contributed by atoms with Crippen LogP contribution < -0.4 is 4.90 Å². The molecule has 0 unspecified atom stereocenters. The Morgan fingerprint density at radius 3 is 1.23 bits per heavy atom. The highest BCUT2D eigenvalue weighted by molar-refractivity contribution is 5.93. The van der Waals surface area contributed by atoms with Gasteiger partial charge in [0, 0.05) is 16.9 Å². The van der Waals surface area contributed by atoms with Gasteiger partial charge >= 0.3 is 0 Å². The van der Waals surface area contributed by atoms with Crippen molar-refractivity contribution in [2.75, 3.05) is 4.90 Å². The normalized spacial score (nSPS) is 11.0. The summed E-state index contributed by atoms with van der Waals surface area (Å²) in [6.07, 6.45) is 0. The molecule has 0 spiro atoms. The second-order valence-electron chi connectivity index (χ2n) is 13.4. The van der Waals surface area contributed by atoms with E-state index in [-0.39, 0.29) is 0 Å². The Hall–Kier alpha value is -6.96. The van der Waals surface area contributed by atoms with E-state index in [1.165, 1.54) is 66.4 Å². The number of benzene rings is 9. The molecule has 0 fully saturated rings. The van der Waals surface area contributed by atoms with Gasteiger partial charge in [0.25, 0.3) is 0 Å². The lowest BCUT2D eigenvalue weighted by atomic mass is 9.95. The van der Waals surface area contributed by atoms with Gasteiger partial charge in [0.05, 0.1) is 5.69 Å². The summed E-state index contributed by atoms with van der Waals surface area (Å²) in [6.45, 7) is 0. The van der Waals surface area contributed by atoms with E-state index in [0.717, 1.165) is 17.1 Å². The van der Waals surface area contributed by atoms with Gasteiger partial charge in [-0.25, -0.2) is 0 Å². The van der Waals surface area contributed by atoms with Gasteiger partial charge in [-0.15, -0.1) is 0 Å². The van der Waals surface area contributed by atoms with E-state index in [1.807, 2.05) is 0 Å². The smallest absolute Gasteiger partial charge is 0.0546 e. The van der Waals surface area contributed by atoms with E-state index in [9.17, 15) is 0 Å². The molecule has 1 heteroatoms. The number of anilines is 3. The number of fused-ring (bicyclic) bond motifs is 1. The molecule has 0 N–H and O–H groups in total. The SMILES string of the molecule is c1ccc(-c2ccc(N(c3ccc(-c4cccc(-c5ccccc5)c4)cc3)c3cc(-c4ccc5ccccc5c4)ccc3-c3ccccc3)cc2)cc1. The second-order valence-corrected chi connectivity index (χ2v) is 13.4. The summed E-state index contributed by atoms with van der Waals surface area (Å²) in [7, 11) is 0. The Balaban J connectivity index is 1.19. The summed E-state index contributed by atoms with van der Waals surface area (Å²) < 4.78 is 0. The quantitative estimate of drug-likeness (QED) is 0.155. The van der Waals surface area contributed by atoms with Crippen LogP contribution >= 0.6 is 0 Å². The Bertz CT molecular complexity index is 2630. The molecule has 0 saturated carbocycles. The van der Waals surface area contributed by atoms with Crippen molar-refractivity contribution in [3.05, 3.63) is 224 Å². The molecule has 0 aliphatic rings. The highest BCUT2D eigenvalue weighted by Gasteiger charge is 2.19. The standard InChI is InChI=1S/C52H37N/c1-4-13-38(14-5-1)41-25-30-49(31-26-41)53(50-32-27-42(28-33-50)46-22-12-21-45(35-46)39-15-6-2-7-16-39)52-37-48(29-34-51(52)43-18-8-3-9-19-43)47-24-23-40-17-10-11-20-44(40)36-47/h1-37H. The Morgan fingerprint density at radius 2 is 0.623 bits per heavy atom. The van der Waals surface area contributed by atoms with E-state index < -0.39 is 0 Å². The van der Waals surface area contributed by atoms with Crippen molar-refractivity contribution in [3.8, 4) is 55.6 Å². The summed E-state index contributed by atoms with van der Waals surface area (Å²) in [5, 5.41) is 2.48. The Labute approximate surface area is 311 Å². The van der Waals surface area contributed by atoms with Crippen LogP contribution in [0.2, 0.25) is 0 Å². The highest BCUT2D eigenvalue weighted by atomic mass is 15.1. The third kappa shape index (κ3) is 6.65. The third-order valence-electron chi connectivity index (χ3n) is 10.1. The second kappa shape index (κ2) is 14.3. The van der Waals surface area contributed by atoms with E-state index in [1.54, 1.807) is 0 Å². The molecular weight excluding hydrogens is 639 g/mol. The Morgan fingerprint density at radius 1 is 0.226 bits per heavy atom. The maximum absolute atomic E-state index is 2.41. The molecule has 53 heavy (non-hydrogen) atoms. The van der Waals surface area contributed by atoms with Crippen molar-refractivity contribution in [1.82, 2.24) is 0 Å². The van der Waals surface area contributed by atoms with Crippen molar-refractivity contribution in [2.24, 2.45) is 0 Å². The molecule has 0 aliphatic heterocycles. The summed E-state index contributed by atoms with van der Waals surface area (Å²) in [4.78, 5) is 2.41. The van der Waals surface area contributed by atoms with Gasteiger partial charge in [-0.1, -0.05) is 182 Å². The fourth-order valence-corrected chi connectivity index (χ4v) is 7.30. The van der Waals surface area contributed by atoms with Crippen LogP contribution in [0.1, 0.15) is 0 Å². The molecule has 0 radical (unpaired) electrons. The largest absolute Gasteiger partial charge is 0.310 e. The van der Waals surface area contributed by atoms with Crippen LogP contribution in [-0.2, 0) is 0 Å². The summed E-state index contributed by atoms with van der Waals surface area (Å²) in [6, 6.07) is 80.9. The van der Waals surface area contributed by atoms with Crippen molar-refractivity contribution < 1.29 is 0 Å². The van der Waals surface area contributed by atoms with Gasteiger partial charge in [-0.3, -0.25) is 0 Å². The lowest BCUT2D eigenvalue weighted by Crippen LogP contribution is -2.11. The van der Waals surface area contributed by atoms with Gasteiger partial charge < -0.3 is 4.90 Å². The van der Waals surface area contributed by atoms with Crippen LogP contribution in [0.25, 0.3) is 66.4 Å². The van der Waals surface area contributed by atoms with Crippen molar-refractivity contribution in [2.45, 2.75) is 0 Å². The maximum atomic E-state index is 2.41. The molecule has 0 bridgehead atoms. The van der Waals surface area contributed by atoms with Crippen molar-refractivity contribution in [1.29, 1.82) is 0 Å². The average molecular weight is 676 g/mol. The number of rotatable bonds is 8. The summed E-state index contributed by atoms with van der Waals surface area (Å²) in [5.41, 5.74) is 15.2. The minimum atomic E-state index is 1.09. The molecule has 0 saturated heterocycles. The lowest BCUT2D eigenvalue weighted by Gasteiger charge is -2.29. The molecule has 9 rings (SSSR count). The van der Waals surface area contributed by atoms with Crippen LogP contribution in [-0.4, -0.2) is 0 Å². The van der Waals surface area contributed by atoms with Gasteiger partial charge in [-0.2, -0.15) is 0 Å². The number of nitrogens with zero attached hydrogens (tertiary/aromatic N) is 1. The van der Waals surface area contributed by atoms with E-state index in [0.29, 0.717) is 0 Å². The highest BCUT2D eigenvalue weighted by Crippen LogP contribution is 2.44. The fraction of sp³-hybridized carbons (Fsp3) is 0. The molecule has 250 valence electrons. The predicted octanol–water partition coefficient (Wildman–Crippen LogP) is 14.6. The van der Waals surface area contributed by atoms with Crippen LogP contribution in [0.15, 0.2) is 224 Å². The number of hydrogen-bond acceptors (Lipinski definition) is 1. The van der Waals surface area contributed by atoms with Gasteiger partial charge in [0.1, 0.15) is 0 Å². The summed E-state index contributed by atoms with van der Waals surface area (Å²) >= 11 is 0. The van der Waals surface area contributed by atoms with Crippen LogP contribution in [0, 0.1) is 0 Å². The molecule has 9 aromatic rings. The minimum Gasteiger partial charge on any atom is -0.310 e. The molecule has 0 amide bonds. The van der Waals surface area contributed by atoms with Crippen LogP contribution in [0.4, 0.5) is 17.1 Å². The zero-order valence-corrected chi connectivity index (χ0v) is 29.3. The van der Waals surface area contributed by atoms with Crippen molar-refractivity contribution >= 4 is 27.8 Å². The fourth-order valence-electron chi connectivity index (χ4n) is 7.30. The van der Waals surface area contributed by atoms with Gasteiger partial charge in [-0.05, 0) is 103 Å². The molecule has 0 heterocycles. The lowest BCUT2D eigenvalue weighted by molar-refractivity contribution is 1.28. The van der Waals surface area contributed by atoms with Crippen LogP contribution in [0.3, 0.4) is 0 Å². The first-order valence-corrected chi connectivity index (χ1v) is 18.2. The minimum absolute atomic E-state index is 1.09. The molecule has 0 aromatic heterocycles. The molecule has 1 nitrogen and oxygen atoms in total. The molecule has 0 atom stereocenters. The zero-order chi connectivity index (χ0) is 35.4. The molecule has 0 aliphatic carbocycles. The monoisotopic (exact) mass is 675 g/mol. The first kappa shape index (κ1) is 32.0. The van der Waals surface area contributed by atoms with Crippen LogP contribution in [0.5, 0.6) is 0 Å².